The fourth-order valence-electron chi connectivity index (χ4n) is 1.23. The predicted molar refractivity (Wildman–Crippen MR) is 51.4 cm³/mol. The molecule has 1 rings (SSSR count). The SMILES string of the molecule is O=C(O)c1cc(F)cc(C(O)C(O)CO)c1. The van der Waals surface area contributed by atoms with Crippen LogP contribution < -0.4 is 0 Å². The van der Waals surface area contributed by atoms with E-state index in [0.717, 1.165) is 18.2 Å². The predicted octanol–water partition coefficient (Wildman–Crippen LogP) is -0.0895. The van der Waals surface area contributed by atoms with Crippen molar-refractivity contribution in [2.45, 2.75) is 12.2 Å². The van der Waals surface area contributed by atoms with Gasteiger partial charge in [-0.25, -0.2) is 9.18 Å². The number of carboxylic acid groups (broad SMARTS) is 1. The Kier molecular flexibility index (Phi) is 3.94. The summed E-state index contributed by atoms with van der Waals surface area (Å²) in [6.07, 6.45) is -3.01. The number of rotatable bonds is 4. The molecule has 0 saturated carbocycles. The van der Waals surface area contributed by atoms with Crippen molar-refractivity contribution in [1.29, 1.82) is 0 Å². The Hall–Kier alpha value is -1.50. The van der Waals surface area contributed by atoms with Gasteiger partial charge in [-0.15, -0.1) is 0 Å². The van der Waals surface area contributed by atoms with Gasteiger partial charge in [0.25, 0.3) is 0 Å². The third-order valence-corrected chi connectivity index (χ3v) is 2.06. The second-order valence-corrected chi connectivity index (χ2v) is 3.27. The summed E-state index contributed by atoms with van der Waals surface area (Å²) in [5, 5.41) is 35.8. The summed E-state index contributed by atoms with van der Waals surface area (Å²) in [5.41, 5.74) is -0.432. The summed E-state index contributed by atoms with van der Waals surface area (Å²) in [6.45, 7) is -0.708. The number of aromatic carboxylic acids is 1. The van der Waals surface area contributed by atoms with Crippen molar-refractivity contribution in [3.8, 4) is 0 Å². The Balaban J connectivity index is 3.09. The van der Waals surface area contributed by atoms with Gasteiger partial charge in [0.15, 0.2) is 0 Å². The summed E-state index contributed by atoms with van der Waals surface area (Å²) in [6, 6.07) is 2.73. The first-order valence-corrected chi connectivity index (χ1v) is 4.46. The minimum atomic E-state index is -1.53. The molecule has 0 aromatic heterocycles. The van der Waals surface area contributed by atoms with E-state index in [1.165, 1.54) is 0 Å². The lowest BCUT2D eigenvalue weighted by atomic mass is 10.0. The van der Waals surface area contributed by atoms with Crippen molar-refractivity contribution in [2.75, 3.05) is 6.61 Å². The highest BCUT2D eigenvalue weighted by atomic mass is 19.1. The first kappa shape index (κ1) is 12.6. The number of aliphatic hydroxyl groups is 3. The van der Waals surface area contributed by atoms with E-state index < -0.39 is 30.6 Å². The van der Waals surface area contributed by atoms with E-state index in [1.54, 1.807) is 0 Å². The molecule has 0 aliphatic heterocycles. The van der Waals surface area contributed by atoms with Gasteiger partial charge >= 0.3 is 5.97 Å². The molecular weight excluding hydrogens is 219 g/mol. The normalized spacial score (nSPS) is 14.5. The second kappa shape index (κ2) is 5.02. The van der Waals surface area contributed by atoms with E-state index in [4.69, 9.17) is 15.3 Å². The van der Waals surface area contributed by atoms with Crippen LogP contribution in [0.4, 0.5) is 4.39 Å². The lowest BCUT2D eigenvalue weighted by molar-refractivity contribution is -0.0154. The molecule has 0 radical (unpaired) electrons. The average Bonchev–Trinajstić information content (AvgIpc) is 2.26. The fourth-order valence-corrected chi connectivity index (χ4v) is 1.23. The van der Waals surface area contributed by atoms with Gasteiger partial charge in [-0.05, 0) is 23.8 Å². The number of hydrogen-bond donors (Lipinski definition) is 4. The highest BCUT2D eigenvalue weighted by Crippen LogP contribution is 2.19. The molecule has 0 amide bonds. The van der Waals surface area contributed by atoms with E-state index >= 15 is 0 Å². The molecule has 1 aromatic carbocycles. The molecule has 0 aliphatic rings. The monoisotopic (exact) mass is 230 g/mol. The molecule has 0 bridgehead atoms. The molecule has 0 spiro atoms. The molecule has 0 heterocycles. The minimum Gasteiger partial charge on any atom is -0.478 e. The van der Waals surface area contributed by atoms with Crippen molar-refractivity contribution in [3.63, 3.8) is 0 Å². The zero-order chi connectivity index (χ0) is 12.3. The highest BCUT2D eigenvalue weighted by molar-refractivity contribution is 5.87. The van der Waals surface area contributed by atoms with E-state index in [2.05, 4.69) is 0 Å². The fraction of sp³-hybridized carbons (Fsp3) is 0.300. The Bertz CT molecular complexity index is 393. The van der Waals surface area contributed by atoms with Crippen LogP contribution in [0, 0.1) is 5.82 Å². The molecule has 0 aliphatic carbocycles. The number of benzene rings is 1. The summed E-state index contributed by atoms with van der Waals surface area (Å²) < 4.78 is 13.0. The third kappa shape index (κ3) is 2.75. The number of carbonyl (C=O) groups is 1. The molecular formula is C10H11FO5. The number of aliphatic hydroxyl groups excluding tert-OH is 3. The smallest absolute Gasteiger partial charge is 0.335 e. The number of hydrogen-bond acceptors (Lipinski definition) is 4. The van der Waals surface area contributed by atoms with Gasteiger partial charge in [0.1, 0.15) is 18.0 Å². The molecule has 1 aromatic rings. The summed E-state index contributed by atoms with van der Waals surface area (Å²) >= 11 is 0. The van der Waals surface area contributed by atoms with E-state index in [-0.39, 0.29) is 11.1 Å². The Labute approximate surface area is 90.4 Å². The van der Waals surface area contributed by atoms with Crippen molar-refractivity contribution >= 4 is 5.97 Å². The average molecular weight is 230 g/mol. The van der Waals surface area contributed by atoms with Gasteiger partial charge in [0.2, 0.25) is 0 Å². The Morgan fingerprint density at radius 2 is 1.94 bits per heavy atom. The molecule has 5 nitrogen and oxygen atoms in total. The van der Waals surface area contributed by atoms with Crippen LogP contribution in [0.15, 0.2) is 18.2 Å². The van der Waals surface area contributed by atoms with Crippen LogP contribution in [0.3, 0.4) is 0 Å². The van der Waals surface area contributed by atoms with Crippen LogP contribution in [0.25, 0.3) is 0 Å². The van der Waals surface area contributed by atoms with Crippen LogP contribution in [0.5, 0.6) is 0 Å². The topological polar surface area (TPSA) is 98.0 Å². The molecule has 2 unspecified atom stereocenters. The van der Waals surface area contributed by atoms with Crippen molar-refractivity contribution < 1.29 is 29.6 Å². The maximum absolute atomic E-state index is 13.0. The highest BCUT2D eigenvalue weighted by Gasteiger charge is 2.19. The van der Waals surface area contributed by atoms with Crippen molar-refractivity contribution in [1.82, 2.24) is 0 Å². The van der Waals surface area contributed by atoms with Crippen molar-refractivity contribution in [2.24, 2.45) is 0 Å². The van der Waals surface area contributed by atoms with E-state index in [9.17, 15) is 14.3 Å². The van der Waals surface area contributed by atoms with E-state index in [0.29, 0.717) is 0 Å². The van der Waals surface area contributed by atoms with Gasteiger partial charge in [0, 0.05) is 0 Å². The molecule has 4 N–H and O–H groups in total. The lowest BCUT2D eigenvalue weighted by Gasteiger charge is -2.16. The largest absolute Gasteiger partial charge is 0.478 e. The van der Waals surface area contributed by atoms with Crippen LogP contribution in [-0.4, -0.2) is 39.1 Å². The maximum Gasteiger partial charge on any atom is 0.335 e. The number of halogens is 1. The molecule has 0 saturated heterocycles. The van der Waals surface area contributed by atoms with Gasteiger partial charge < -0.3 is 20.4 Å². The molecule has 6 heteroatoms. The van der Waals surface area contributed by atoms with Crippen LogP contribution in [0.1, 0.15) is 22.0 Å². The van der Waals surface area contributed by atoms with Gasteiger partial charge in [-0.3, -0.25) is 0 Å². The quantitative estimate of drug-likeness (QED) is 0.579. The van der Waals surface area contributed by atoms with Crippen LogP contribution in [0.2, 0.25) is 0 Å². The zero-order valence-electron chi connectivity index (χ0n) is 8.17. The van der Waals surface area contributed by atoms with Gasteiger partial charge in [0.05, 0.1) is 12.2 Å². The molecule has 0 fully saturated rings. The standard InChI is InChI=1S/C10H11FO5/c11-7-2-5(9(14)8(13)4-12)1-6(3-7)10(15)16/h1-3,8-9,12-14H,4H2,(H,15,16). The van der Waals surface area contributed by atoms with E-state index in [1.807, 2.05) is 0 Å². The lowest BCUT2D eigenvalue weighted by Crippen LogP contribution is -2.22. The summed E-state index contributed by atoms with van der Waals surface area (Å²) in [5.74, 6) is -2.18. The minimum absolute atomic E-state index is 0.0982. The van der Waals surface area contributed by atoms with Gasteiger partial charge in [-0.1, -0.05) is 0 Å². The molecule has 16 heavy (non-hydrogen) atoms. The second-order valence-electron chi connectivity index (χ2n) is 3.27. The first-order chi connectivity index (χ1) is 7.45. The van der Waals surface area contributed by atoms with Crippen LogP contribution >= 0.6 is 0 Å². The number of carboxylic acids is 1. The summed E-state index contributed by atoms with van der Waals surface area (Å²) in [7, 11) is 0. The molecule has 2 atom stereocenters. The Morgan fingerprint density at radius 1 is 1.31 bits per heavy atom. The van der Waals surface area contributed by atoms with Crippen LogP contribution in [-0.2, 0) is 0 Å². The maximum atomic E-state index is 13.0. The Morgan fingerprint density at radius 3 is 2.44 bits per heavy atom. The summed E-state index contributed by atoms with van der Waals surface area (Å²) in [4.78, 5) is 10.6. The third-order valence-electron chi connectivity index (χ3n) is 2.06. The van der Waals surface area contributed by atoms with Gasteiger partial charge in [-0.2, -0.15) is 0 Å². The zero-order valence-corrected chi connectivity index (χ0v) is 8.17. The molecule has 88 valence electrons. The first-order valence-electron chi connectivity index (χ1n) is 4.46. The van der Waals surface area contributed by atoms with Crippen molar-refractivity contribution in [3.05, 3.63) is 35.1 Å².